The standard InChI is InChI=1S/C11H23NO3S/c1-2-3-4-8-16(14,15)12-7-5-6-11(9-12)10-13/h11,13H,2-10H2,1H3. The van der Waals surface area contributed by atoms with Crippen molar-refractivity contribution in [2.45, 2.75) is 39.0 Å². The van der Waals surface area contributed by atoms with Crippen LogP contribution in [0.4, 0.5) is 0 Å². The molecule has 0 saturated carbocycles. The van der Waals surface area contributed by atoms with Crippen molar-refractivity contribution < 1.29 is 13.5 Å². The van der Waals surface area contributed by atoms with Gasteiger partial charge in [0.2, 0.25) is 10.0 Å². The Morgan fingerprint density at radius 3 is 2.75 bits per heavy atom. The summed E-state index contributed by atoms with van der Waals surface area (Å²) in [6.07, 6.45) is 4.57. The zero-order chi connectivity index (χ0) is 12.0. The molecule has 0 aromatic carbocycles. The Bertz CT molecular complexity index is 290. The van der Waals surface area contributed by atoms with E-state index in [4.69, 9.17) is 5.11 Å². The topological polar surface area (TPSA) is 57.6 Å². The van der Waals surface area contributed by atoms with E-state index in [-0.39, 0.29) is 18.3 Å². The normalized spacial score (nSPS) is 23.5. The van der Waals surface area contributed by atoms with Gasteiger partial charge in [0.15, 0.2) is 0 Å². The highest BCUT2D eigenvalue weighted by Gasteiger charge is 2.27. The molecule has 4 nitrogen and oxygen atoms in total. The summed E-state index contributed by atoms with van der Waals surface area (Å²) in [5.74, 6) is 0.397. The second-order valence-electron chi connectivity index (χ2n) is 4.57. The van der Waals surface area contributed by atoms with E-state index < -0.39 is 10.0 Å². The maximum absolute atomic E-state index is 12.0. The summed E-state index contributed by atoms with van der Waals surface area (Å²) in [5.41, 5.74) is 0. The van der Waals surface area contributed by atoms with E-state index in [1.54, 1.807) is 4.31 Å². The molecule has 1 unspecified atom stereocenters. The quantitative estimate of drug-likeness (QED) is 0.720. The Morgan fingerprint density at radius 2 is 2.12 bits per heavy atom. The lowest BCUT2D eigenvalue weighted by molar-refractivity contribution is 0.165. The first kappa shape index (κ1) is 13.9. The number of hydrogen-bond acceptors (Lipinski definition) is 3. The summed E-state index contributed by atoms with van der Waals surface area (Å²) in [4.78, 5) is 0. The fraction of sp³-hybridized carbons (Fsp3) is 1.00. The van der Waals surface area contributed by atoms with Crippen molar-refractivity contribution in [3.05, 3.63) is 0 Å². The van der Waals surface area contributed by atoms with Gasteiger partial charge in [-0.25, -0.2) is 12.7 Å². The molecule has 1 atom stereocenters. The molecule has 96 valence electrons. The first-order valence-corrected chi connectivity index (χ1v) is 7.79. The molecule has 0 radical (unpaired) electrons. The number of aliphatic hydroxyl groups is 1. The average molecular weight is 249 g/mol. The summed E-state index contributed by atoms with van der Waals surface area (Å²) < 4.78 is 25.5. The van der Waals surface area contributed by atoms with Gasteiger partial charge in [-0.05, 0) is 25.2 Å². The molecule has 0 amide bonds. The van der Waals surface area contributed by atoms with Crippen molar-refractivity contribution in [1.82, 2.24) is 4.31 Å². The lowest BCUT2D eigenvalue weighted by atomic mass is 10.0. The zero-order valence-corrected chi connectivity index (χ0v) is 10.9. The van der Waals surface area contributed by atoms with Gasteiger partial charge in [-0.2, -0.15) is 0 Å². The number of unbranched alkanes of at least 4 members (excludes halogenated alkanes) is 2. The van der Waals surface area contributed by atoms with Crippen LogP contribution >= 0.6 is 0 Å². The summed E-state index contributed by atoms with van der Waals surface area (Å²) in [6, 6.07) is 0. The van der Waals surface area contributed by atoms with Crippen LogP contribution in [0.2, 0.25) is 0 Å². The molecule has 0 bridgehead atoms. The van der Waals surface area contributed by atoms with Crippen LogP contribution in [0.1, 0.15) is 39.0 Å². The maximum atomic E-state index is 12.0. The summed E-state index contributed by atoms with van der Waals surface area (Å²) >= 11 is 0. The van der Waals surface area contributed by atoms with Crippen molar-refractivity contribution in [1.29, 1.82) is 0 Å². The van der Waals surface area contributed by atoms with E-state index in [2.05, 4.69) is 6.92 Å². The van der Waals surface area contributed by atoms with Crippen LogP contribution in [0.15, 0.2) is 0 Å². The number of hydrogen-bond donors (Lipinski definition) is 1. The van der Waals surface area contributed by atoms with Crippen LogP contribution in [0, 0.1) is 5.92 Å². The van der Waals surface area contributed by atoms with E-state index in [1.165, 1.54) is 0 Å². The van der Waals surface area contributed by atoms with Gasteiger partial charge in [-0.3, -0.25) is 0 Å². The third-order valence-electron chi connectivity index (χ3n) is 3.14. The van der Waals surface area contributed by atoms with E-state index in [1.807, 2.05) is 0 Å². The highest BCUT2D eigenvalue weighted by molar-refractivity contribution is 7.89. The third kappa shape index (κ3) is 4.03. The van der Waals surface area contributed by atoms with Gasteiger partial charge in [0.05, 0.1) is 5.75 Å². The van der Waals surface area contributed by atoms with Gasteiger partial charge < -0.3 is 5.11 Å². The van der Waals surface area contributed by atoms with Crippen LogP contribution in [0.3, 0.4) is 0 Å². The molecule has 16 heavy (non-hydrogen) atoms. The van der Waals surface area contributed by atoms with Crippen molar-refractivity contribution in [3.63, 3.8) is 0 Å². The van der Waals surface area contributed by atoms with Crippen LogP contribution in [0.25, 0.3) is 0 Å². The Morgan fingerprint density at radius 1 is 1.38 bits per heavy atom. The molecule has 1 rings (SSSR count). The fourth-order valence-electron chi connectivity index (χ4n) is 2.09. The smallest absolute Gasteiger partial charge is 0.214 e. The molecule has 1 saturated heterocycles. The van der Waals surface area contributed by atoms with Gasteiger partial charge in [-0.15, -0.1) is 0 Å². The lowest BCUT2D eigenvalue weighted by Crippen LogP contribution is -2.41. The number of piperidine rings is 1. The molecule has 0 spiro atoms. The van der Waals surface area contributed by atoms with Gasteiger partial charge >= 0.3 is 0 Å². The van der Waals surface area contributed by atoms with Crippen molar-refractivity contribution in [3.8, 4) is 0 Å². The van der Waals surface area contributed by atoms with E-state index in [0.29, 0.717) is 13.1 Å². The first-order valence-electron chi connectivity index (χ1n) is 6.19. The van der Waals surface area contributed by atoms with Crippen LogP contribution in [-0.4, -0.2) is 43.3 Å². The summed E-state index contributed by atoms with van der Waals surface area (Å²) in [5, 5.41) is 9.07. The molecular formula is C11H23NO3S. The highest BCUT2D eigenvalue weighted by atomic mass is 32.2. The van der Waals surface area contributed by atoms with Crippen molar-refractivity contribution in [2.24, 2.45) is 5.92 Å². The molecule has 0 aromatic heterocycles. The van der Waals surface area contributed by atoms with Crippen molar-refractivity contribution in [2.75, 3.05) is 25.4 Å². The Labute approximate surface area is 98.7 Å². The van der Waals surface area contributed by atoms with Gasteiger partial charge in [0, 0.05) is 19.7 Å². The van der Waals surface area contributed by atoms with E-state index in [9.17, 15) is 8.42 Å². The second-order valence-corrected chi connectivity index (χ2v) is 6.66. The molecule has 0 aliphatic carbocycles. The Kier molecular flexibility index (Phi) is 5.72. The first-order chi connectivity index (χ1) is 7.60. The van der Waals surface area contributed by atoms with Crippen molar-refractivity contribution >= 4 is 10.0 Å². The van der Waals surface area contributed by atoms with E-state index in [0.717, 1.165) is 32.1 Å². The predicted molar refractivity (Wildman–Crippen MR) is 64.7 cm³/mol. The number of sulfonamides is 1. The number of aliphatic hydroxyl groups excluding tert-OH is 1. The van der Waals surface area contributed by atoms with Crippen LogP contribution in [0.5, 0.6) is 0 Å². The second kappa shape index (κ2) is 6.57. The molecule has 1 heterocycles. The molecule has 1 fully saturated rings. The highest BCUT2D eigenvalue weighted by Crippen LogP contribution is 2.19. The largest absolute Gasteiger partial charge is 0.396 e. The minimum atomic E-state index is -3.08. The Balaban J connectivity index is 2.47. The fourth-order valence-corrected chi connectivity index (χ4v) is 3.76. The predicted octanol–water partition coefficient (Wildman–Crippen LogP) is 1.21. The molecule has 1 aliphatic heterocycles. The minimum Gasteiger partial charge on any atom is -0.396 e. The molecular weight excluding hydrogens is 226 g/mol. The maximum Gasteiger partial charge on any atom is 0.214 e. The molecule has 5 heteroatoms. The van der Waals surface area contributed by atoms with Crippen LogP contribution in [-0.2, 0) is 10.0 Å². The number of nitrogens with zero attached hydrogens (tertiary/aromatic N) is 1. The zero-order valence-electron chi connectivity index (χ0n) is 10.1. The SMILES string of the molecule is CCCCCS(=O)(=O)N1CCCC(CO)C1. The molecule has 1 aliphatic rings. The molecule has 1 N–H and O–H groups in total. The third-order valence-corrected chi connectivity index (χ3v) is 5.06. The van der Waals surface area contributed by atoms with E-state index >= 15 is 0 Å². The summed E-state index contributed by atoms with van der Waals surface area (Å²) in [6.45, 7) is 3.30. The summed E-state index contributed by atoms with van der Waals surface area (Å²) in [7, 11) is -3.08. The Hall–Kier alpha value is -0.130. The molecule has 0 aromatic rings. The monoisotopic (exact) mass is 249 g/mol. The van der Waals surface area contributed by atoms with Gasteiger partial charge in [-0.1, -0.05) is 19.8 Å². The minimum absolute atomic E-state index is 0.0982. The van der Waals surface area contributed by atoms with Gasteiger partial charge in [0.25, 0.3) is 0 Å². The van der Waals surface area contributed by atoms with Crippen LogP contribution < -0.4 is 0 Å². The van der Waals surface area contributed by atoms with Gasteiger partial charge in [0.1, 0.15) is 0 Å². The lowest BCUT2D eigenvalue weighted by Gasteiger charge is -2.30. The number of rotatable bonds is 6. The average Bonchev–Trinajstić information content (AvgIpc) is 2.29.